The lowest BCUT2D eigenvalue weighted by Crippen LogP contribution is -2.53. The molecule has 2 amide bonds. The minimum Gasteiger partial charge on any atom is -0.476 e. The minimum absolute atomic E-state index is 0.00405. The van der Waals surface area contributed by atoms with Gasteiger partial charge in [-0.3, -0.25) is 9.59 Å². The first-order chi connectivity index (χ1) is 14.3. The van der Waals surface area contributed by atoms with Crippen LogP contribution < -0.4 is 15.0 Å². The standard InChI is InChI=1S/C23H35N3O4/c1-16(2)26(18-8-6-11-24-15-18)21(27)17-9-10-20-19(14-17)25(12-7-13-29-5)22(28)23(3,4)30-20/h9-10,14,16,18,24H,6-8,11-13,15H2,1-5H3/t18-/m1/s1. The molecule has 30 heavy (non-hydrogen) atoms. The van der Waals surface area contributed by atoms with E-state index in [2.05, 4.69) is 19.2 Å². The Kier molecular flexibility index (Phi) is 7.03. The highest BCUT2D eigenvalue weighted by Crippen LogP contribution is 2.39. The van der Waals surface area contributed by atoms with Crippen LogP contribution in [-0.2, 0) is 9.53 Å². The smallest absolute Gasteiger partial charge is 0.270 e. The topological polar surface area (TPSA) is 71.1 Å². The van der Waals surface area contributed by atoms with E-state index in [-0.39, 0.29) is 23.9 Å². The quantitative estimate of drug-likeness (QED) is 0.691. The molecule has 0 unspecified atom stereocenters. The third-order valence-corrected chi connectivity index (χ3v) is 5.81. The largest absolute Gasteiger partial charge is 0.476 e. The molecule has 0 aliphatic carbocycles. The summed E-state index contributed by atoms with van der Waals surface area (Å²) in [5.74, 6) is 0.521. The van der Waals surface area contributed by atoms with Crippen LogP contribution in [0, 0.1) is 0 Å². The average Bonchev–Trinajstić information content (AvgIpc) is 2.71. The number of anilines is 1. The molecule has 0 spiro atoms. The molecule has 7 nitrogen and oxygen atoms in total. The highest BCUT2D eigenvalue weighted by molar-refractivity contribution is 6.04. The highest BCUT2D eigenvalue weighted by Gasteiger charge is 2.41. The van der Waals surface area contributed by atoms with Gasteiger partial charge in [0.1, 0.15) is 5.75 Å². The molecule has 0 aromatic heterocycles. The number of hydrogen-bond acceptors (Lipinski definition) is 5. The maximum absolute atomic E-state index is 13.5. The van der Waals surface area contributed by atoms with Crippen LogP contribution in [0.1, 0.15) is 57.3 Å². The fourth-order valence-corrected chi connectivity index (χ4v) is 4.33. The van der Waals surface area contributed by atoms with E-state index in [1.807, 2.05) is 23.1 Å². The van der Waals surface area contributed by atoms with Crippen LogP contribution in [0.2, 0.25) is 0 Å². The number of rotatable bonds is 7. The maximum atomic E-state index is 13.5. The van der Waals surface area contributed by atoms with Crippen molar-refractivity contribution in [2.45, 2.75) is 64.6 Å². The van der Waals surface area contributed by atoms with Gasteiger partial charge in [0.25, 0.3) is 11.8 Å². The Morgan fingerprint density at radius 3 is 2.80 bits per heavy atom. The highest BCUT2D eigenvalue weighted by atomic mass is 16.5. The predicted octanol–water partition coefficient (Wildman–Crippen LogP) is 2.83. The van der Waals surface area contributed by atoms with E-state index < -0.39 is 5.60 Å². The molecule has 1 atom stereocenters. The van der Waals surface area contributed by atoms with Crippen molar-refractivity contribution in [3.8, 4) is 5.75 Å². The number of nitrogens with zero attached hydrogens (tertiary/aromatic N) is 2. The minimum atomic E-state index is -0.941. The molecular weight excluding hydrogens is 382 g/mol. The summed E-state index contributed by atoms with van der Waals surface area (Å²) in [5, 5.41) is 3.40. The van der Waals surface area contributed by atoms with Gasteiger partial charge in [-0.15, -0.1) is 0 Å². The summed E-state index contributed by atoms with van der Waals surface area (Å²) in [6, 6.07) is 5.71. The number of piperidine rings is 1. The molecule has 2 aliphatic heterocycles. The summed E-state index contributed by atoms with van der Waals surface area (Å²) >= 11 is 0. The number of benzene rings is 1. The average molecular weight is 418 g/mol. The number of nitrogens with one attached hydrogen (secondary N) is 1. The van der Waals surface area contributed by atoms with E-state index in [4.69, 9.17) is 9.47 Å². The second-order valence-electron chi connectivity index (χ2n) is 8.90. The molecule has 1 saturated heterocycles. The van der Waals surface area contributed by atoms with Crippen molar-refractivity contribution in [1.29, 1.82) is 0 Å². The van der Waals surface area contributed by atoms with Gasteiger partial charge in [-0.05, 0) is 71.7 Å². The lowest BCUT2D eigenvalue weighted by Gasteiger charge is -2.40. The number of carbonyl (C=O) groups excluding carboxylic acids is 2. The zero-order valence-corrected chi connectivity index (χ0v) is 18.9. The van der Waals surface area contributed by atoms with Gasteiger partial charge in [0.2, 0.25) is 0 Å². The van der Waals surface area contributed by atoms with Gasteiger partial charge in [-0.25, -0.2) is 0 Å². The van der Waals surface area contributed by atoms with Crippen LogP contribution in [0.25, 0.3) is 0 Å². The Hall–Kier alpha value is -2.12. The molecule has 1 aromatic rings. The van der Waals surface area contributed by atoms with E-state index in [0.717, 1.165) is 25.9 Å². The van der Waals surface area contributed by atoms with Crippen molar-refractivity contribution in [2.75, 3.05) is 38.3 Å². The summed E-state index contributed by atoms with van der Waals surface area (Å²) in [6.07, 6.45) is 2.78. The number of carbonyl (C=O) groups is 2. The van der Waals surface area contributed by atoms with E-state index in [1.165, 1.54) is 0 Å². The number of amides is 2. The molecule has 2 aliphatic rings. The van der Waals surface area contributed by atoms with Gasteiger partial charge in [0, 0.05) is 44.5 Å². The molecule has 0 saturated carbocycles. The molecule has 1 fully saturated rings. The molecule has 0 bridgehead atoms. The van der Waals surface area contributed by atoms with Crippen molar-refractivity contribution in [2.24, 2.45) is 0 Å². The van der Waals surface area contributed by atoms with Crippen LogP contribution >= 0.6 is 0 Å². The third-order valence-electron chi connectivity index (χ3n) is 5.81. The Balaban J connectivity index is 1.92. The molecule has 166 valence electrons. The first kappa shape index (κ1) is 22.6. The van der Waals surface area contributed by atoms with Gasteiger partial charge in [-0.1, -0.05) is 0 Å². The van der Waals surface area contributed by atoms with Gasteiger partial charge < -0.3 is 24.6 Å². The van der Waals surface area contributed by atoms with E-state index in [0.29, 0.717) is 36.6 Å². The Morgan fingerprint density at radius 2 is 2.17 bits per heavy atom. The van der Waals surface area contributed by atoms with Crippen LogP contribution in [0.15, 0.2) is 18.2 Å². The first-order valence-electron chi connectivity index (χ1n) is 10.9. The lowest BCUT2D eigenvalue weighted by atomic mass is 10.00. The zero-order valence-electron chi connectivity index (χ0n) is 18.9. The van der Waals surface area contributed by atoms with Crippen molar-refractivity contribution in [3.05, 3.63) is 23.8 Å². The van der Waals surface area contributed by atoms with Gasteiger partial charge >= 0.3 is 0 Å². The van der Waals surface area contributed by atoms with Crippen LogP contribution in [0.4, 0.5) is 5.69 Å². The normalized spacial score (nSPS) is 20.7. The second-order valence-corrected chi connectivity index (χ2v) is 8.90. The van der Waals surface area contributed by atoms with Crippen LogP contribution in [-0.4, -0.2) is 67.7 Å². The summed E-state index contributed by atoms with van der Waals surface area (Å²) in [7, 11) is 1.65. The number of fused-ring (bicyclic) bond motifs is 1. The number of ether oxygens (including phenoxy) is 2. The molecule has 3 rings (SSSR count). The monoisotopic (exact) mass is 417 g/mol. The van der Waals surface area contributed by atoms with E-state index >= 15 is 0 Å². The van der Waals surface area contributed by atoms with Crippen LogP contribution in [0.3, 0.4) is 0 Å². The number of methoxy groups -OCH3 is 1. The van der Waals surface area contributed by atoms with Crippen molar-refractivity contribution < 1.29 is 19.1 Å². The predicted molar refractivity (Wildman–Crippen MR) is 117 cm³/mol. The van der Waals surface area contributed by atoms with Gasteiger partial charge in [0.15, 0.2) is 5.60 Å². The van der Waals surface area contributed by atoms with Gasteiger partial charge in [-0.2, -0.15) is 0 Å². The van der Waals surface area contributed by atoms with E-state index in [9.17, 15) is 9.59 Å². The summed E-state index contributed by atoms with van der Waals surface area (Å²) < 4.78 is 11.1. The molecule has 1 aromatic carbocycles. The summed E-state index contributed by atoms with van der Waals surface area (Å²) in [5.41, 5.74) is 0.302. The summed E-state index contributed by atoms with van der Waals surface area (Å²) in [6.45, 7) is 10.6. The summed E-state index contributed by atoms with van der Waals surface area (Å²) in [4.78, 5) is 30.2. The molecule has 7 heteroatoms. The zero-order chi connectivity index (χ0) is 21.9. The molecule has 1 N–H and O–H groups in total. The fraction of sp³-hybridized carbons (Fsp3) is 0.652. The fourth-order valence-electron chi connectivity index (χ4n) is 4.33. The Labute approximate surface area is 179 Å². The third kappa shape index (κ3) is 4.62. The molecule has 2 heterocycles. The number of hydrogen-bond donors (Lipinski definition) is 1. The molecule has 0 radical (unpaired) electrons. The Morgan fingerprint density at radius 1 is 1.40 bits per heavy atom. The van der Waals surface area contributed by atoms with Crippen molar-refractivity contribution in [3.63, 3.8) is 0 Å². The second kappa shape index (κ2) is 9.35. The first-order valence-corrected chi connectivity index (χ1v) is 10.9. The Bertz CT molecular complexity index is 772. The maximum Gasteiger partial charge on any atom is 0.270 e. The molecular formula is C23H35N3O4. The lowest BCUT2D eigenvalue weighted by molar-refractivity contribution is -0.132. The van der Waals surface area contributed by atoms with Gasteiger partial charge in [0.05, 0.1) is 5.69 Å². The van der Waals surface area contributed by atoms with E-state index in [1.54, 1.807) is 25.9 Å². The van der Waals surface area contributed by atoms with Crippen molar-refractivity contribution in [1.82, 2.24) is 10.2 Å². The SMILES string of the molecule is COCCCN1C(=O)C(C)(C)Oc2ccc(C(=O)N(C(C)C)[C@@H]3CCCNC3)cc21. The van der Waals surface area contributed by atoms with Crippen LogP contribution in [0.5, 0.6) is 5.75 Å². The van der Waals surface area contributed by atoms with Crippen molar-refractivity contribution >= 4 is 17.5 Å².